The summed E-state index contributed by atoms with van der Waals surface area (Å²) in [6.07, 6.45) is 2.52. The van der Waals surface area contributed by atoms with Crippen molar-refractivity contribution in [2.45, 2.75) is 25.9 Å². The number of nitrogens with zero attached hydrogens (tertiary/aromatic N) is 1. The van der Waals surface area contributed by atoms with Gasteiger partial charge in [-0.2, -0.15) is 0 Å². The highest BCUT2D eigenvalue weighted by Crippen LogP contribution is 2.05. The van der Waals surface area contributed by atoms with Crippen molar-refractivity contribution in [3.63, 3.8) is 0 Å². The number of rotatable bonds is 5. The van der Waals surface area contributed by atoms with Crippen LogP contribution >= 0.6 is 11.6 Å². The molecule has 4 heteroatoms. The number of halogens is 1. The van der Waals surface area contributed by atoms with Gasteiger partial charge in [-0.05, 0) is 25.0 Å². The number of hydrogen-bond acceptors (Lipinski definition) is 3. The van der Waals surface area contributed by atoms with E-state index in [1.165, 1.54) is 0 Å². The lowest BCUT2D eigenvalue weighted by Crippen LogP contribution is -2.26. The summed E-state index contributed by atoms with van der Waals surface area (Å²) in [6.45, 7) is 3.01. The number of aliphatic hydroxyl groups is 1. The van der Waals surface area contributed by atoms with E-state index >= 15 is 0 Å². The van der Waals surface area contributed by atoms with Crippen LogP contribution in [0.15, 0.2) is 18.3 Å². The van der Waals surface area contributed by atoms with Crippen molar-refractivity contribution in [2.24, 2.45) is 0 Å². The summed E-state index contributed by atoms with van der Waals surface area (Å²) >= 11 is 5.66. The Kier molecular flexibility index (Phi) is 4.87. The van der Waals surface area contributed by atoms with E-state index in [0.29, 0.717) is 11.2 Å². The molecular weight excluding hydrogens is 200 g/mol. The van der Waals surface area contributed by atoms with E-state index in [2.05, 4.69) is 10.3 Å². The summed E-state index contributed by atoms with van der Waals surface area (Å²) in [7, 11) is 0. The summed E-state index contributed by atoms with van der Waals surface area (Å²) in [5.74, 6) is 0. The SMILES string of the molecule is C[C@H](CCO)NCc1ccc(Cl)nc1. The van der Waals surface area contributed by atoms with Crippen molar-refractivity contribution < 1.29 is 5.11 Å². The Bertz CT molecular complexity index is 263. The van der Waals surface area contributed by atoms with Gasteiger partial charge >= 0.3 is 0 Å². The topological polar surface area (TPSA) is 45.1 Å². The Labute approximate surface area is 89.1 Å². The molecule has 0 spiro atoms. The zero-order chi connectivity index (χ0) is 10.4. The molecule has 3 nitrogen and oxygen atoms in total. The van der Waals surface area contributed by atoms with Crippen molar-refractivity contribution >= 4 is 11.6 Å². The molecule has 14 heavy (non-hydrogen) atoms. The quantitative estimate of drug-likeness (QED) is 0.732. The molecule has 0 unspecified atom stereocenters. The first kappa shape index (κ1) is 11.4. The molecule has 78 valence electrons. The third-order valence-electron chi connectivity index (χ3n) is 2.01. The second-order valence-electron chi connectivity index (χ2n) is 3.28. The van der Waals surface area contributed by atoms with Crippen molar-refractivity contribution in [3.05, 3.63) is 29.0 Å². The maximum Gasteiger partial charge on any atom is 0.129 e. The molecule has 0 saturated carbocycles. The molecule has 0 aromatic carbocycles. The largest absolute Gasteiger partial charge is 0.396 e. The minimum atomic E-state index is 0.215. The summed E-state index contributed by atoms with van der Waals surface area (Å²) in [4.78, 5) is 3.98. The molecule has 0 aliphatic heterocycles. The number of aliphatic hydroxyl groups excluding tert-OH is 1. The van der Waals surface area contributed by atoms with Gasteiger partial charge in [-0.15, -0.1) is 0 Å². The Morgan fingerprint density at radius 3 is 2.93 bits per heavy atom. The maximum atomic E-state index is 8.70. The van der Waals surface area contributed by atoms with Crippen LogP contribution in [0.1, 0.15) is 18.9 Å². The van der Waals surface area contributed by atoms with Gasteiger partial charge < -0.3 is 10.4 Å². The number of pyridine rings is 1. The van der Waals surface area contributed by atoms with Crippen molar-refractivity contribution in [3.8, 4) is 0 Å². The highest BCUT2D eigenvalue weighted by Gasteiger charge is 2.00. The summed E-state index contributed by atoms with van der Waals surface area (Å²) in [5.41, 5.74) is 1.10. The van der Waals surface area contributed by atoms with Crippen LogP contribution in [0.3, 0.4) is 0 Å². The minimum absolute atomic E-state index is 0.215. The van der Waals surface area contributed by atoms with Gasteiger partial charge in [0.2, 0.25) is 0 Å². The minimum Gasteiger partial charge on any atom is -0.396 e. The average Bonchev–Trinajstić information content (AvgIpc) is 2.17. The zero-order valence-electron chi connectivity index (χ0n) is 8.20. The van der Waals surface area contributed by atoms with E-state index in [9.17, 15) is 0 Å². The van der Waals surface area contributed by atoms with Crippen molar-refractivity contribution in [2.75, 3.05) is 6.61 Å². The smallest absolute Gasteiger partial charge is 0.129 e. The summed E-state index contributed by atoms with van der Waals surface area (Å²) in [5, 5.41) is 12.5. The first-order chi connectivity index (χ1) is 6.72. The molecule has 0 saturated heterocycles. The molecule has 0 bridgehead atoms. The fraction of sp³-hybridized carbons (Fsp3) is 0.500. The van der Waals surface area contributed by atoms with Crippen LogP contribution in [0.25, 0.3) is 0 Å². The number of nitrogens with one attached hydrogen (secondary N) is 1. The molecule has 0 aliphatic carbocycles. The van der Waals surface area contributed by atoms with Gasteiger partial charge in [0.25, 0.3) is 0 Å². The van der Waals surface area contributed by atoms with Crippen LogP contribution in [-0.4, -0.2) is 22.7 Å². The first-order valence-electron chi connectivity index (χ1n) is 4.67. The third-order valence-corrected chi connectivity index (χ3v) is 2.23. The Morgan fingerprint density at radius 1 is 1.57 bits per heavy atom. The van der Waals surface area contributed by atoms with E-state index in [0.717, 1.165) is 18.5 Å². The molecule has 1 aromatic rings. The Morgan fingerprint density at radius 2 is 2.36 bits per heavy atom. The molecule has 0 amide bonds. The normalized spacial score (nSPS) is 12.8. The van der Waals surface area contributed by atoms with Gasteiger partial charge in [0.1, 0.15) is 5.15 Å². The van der Waals surface area contributed by atoms with Crippen LogP contribution in [0.2, 0.25) is 5.15 Å². The van der Waals surface area contributed by atoms with E-state index in [1.54, 1.807) is 12.3 Å². The van der Waals surface area contributed by atoms with Crippen LogP contribution in [-0.2, 0) is 6.54 Å². The fourth-order valence-corrected chi connectivity index (χ4v) is 1.21. The second-order valence-corrected chi connectivity index (χ2v) is 3.67. The Balaban J connectivity index is 2.34. The maximum absolute atomic E-state index is 8.70. The number of hydrogen-bond donors (Lipinski definition) is 2. The lowest BCUT2D eigenvalue weighted by molar-refractivity contribution is 0.268. The molecule has 1 rings (SSSR count). The average molecular weight is 215 g/mol. The number of aromatic nitrogens is 1. The predicted octanol–water partition coefficient (Wildman–Crippen LogP) is 1.60. The molecule has 0 fully saturated rings. The van der Waals surface area contributed by atoms with Crippen LogP contribution in [0, 0.1) is 0 Å². The van der Waals surface area contributed by atoms with E-state index < -0.39 is 0 Å². The lowest BCUT2D eigenvalue weighted by Gasteiger charge is -2.11. The summed E-state index contributed by atoms with van der Waals surface area (Å²) < 4.78 is 0. The molecule has 0 radical (unpaired) electrons. The molecule has 2 N–H and O–H groups in total. The van der Waals surface area contributed by atoms with Crippen molar-refractivity contribution in [1.29, 1.82) is 0 Å². The molecule has 1 aromatic heterocycles. The first-order valence-corrected chi connectivity index (χ1v) is 5.05. The van der Waals surface area contributed by atoms with Gasteiger partial charge in [-0.3, -0.25) is 0 Å². The van der Waals surface area contributed by atoms with Gasteiger partial charge in [0.05, 0.1) is 0 Å². The van der Waals surface area contributed by atoms with E-state index in [-0.39, 0.29) is 6.61 Å². The van der Waals surface area contributed by atoms with Crippen LogP contribution in [0.4, 0.5) is 0 Å². The summed E-state index contributed by atoms with van der Waals surface area (Å²) in [6, 6.07) is 4.03. The molecule has 1 atom stereocenters. The van der Waals surface area contributed by atoms with Crippen LogP contribution < -0.4 is 5.32 Å². The zero-order valence-corrected chi connectivity index (χ0v) is 8.96. The van der Waals surface area contributed by atoms with E-state index in [4.69, 9.17) is 16.7 Å². The second kappa shape index (κ2) is 5.96. The van der Waals surface area contributed by atoms with Crippen LogP contribution in [0.5, 0.6) is 0 Å². The van der Waals surface area contributed by atoms with Gasteiger partial charge in [-0.1, -0.05) is 17.7 Å². The monoisotopic (exact) mass is 214 g/mol. The lowest BCUT2D eigenvalue weighted by atomic mass is 10.2. The standard InChI is InChI=1S/C10H15ClN2O/c1-8(4-5-14)12-6-9-2-3-10(11)13-7-9/h2-3,7-8,12,14H,4-6H2,1H3/t8-/m1/s1. The third kappa shape index (κ3) is 4.05. The molecular formula is C10H15ClN2O. The van der Waals surface area contributed by atoms with Gasteiger partial charge in [0.15, 0.2) is 0 Å². The van der Waals surface area contributed by atoms with E-state index in [1.807, 2.05) is 13.0 Å². The highest BCUT2D eigenvalue weighted by atomic mass is 35.5. The fourth-order valence-electron chi connectivity index (χ4n) is 1.10. The van der Waals surface area contributed by atoms with Crippen molar-refractivity contribution in [1.82, 2.24) is 10.3 Å². The van der Waals surface area contributed by atoms with Gasteiger partial charge in [-0.25, -0.2) is 4.98 Å². The van der Waals surface area contributed by atoms with Gasteiger partial charge in [0, 0.05) is 25.4 Å². The highest BCUT2D eigenvalue weighted by molar-refractivity contribution is 6.29. The Hall–Kier alpha value is -0.640. The predicted molar refractivity (Wildman–Crippen MR) is 57.3 cm³/mol. The molecule has 0 aliphatic rings. The molecule has 1 heterocycles.